The van der Waals surface area contributed by atoms with Crippen molar-refractivity contribution in [2.75, 3.05) is 12.1 Å². The Bertz CT molecular complexity index is 498. The van der Waals surface area contributed by atoms with Gasteiger partial charge in [-0.05, 0) is 0 Å². The molecule has 0 saturated carbocycles. The van der Waals surface area contributed by atoms with Crippen molar-refractivity contribution in [2.24, 2.45) is 0 Å². The summed E-state index contributed by atoms with van der Waals surface area (Å²) in [5.41, 5.74) is 4.33. The molecule has 1 aromatic carbocycles. The molecule has 1 aromatic heterocycles. The number of carbonyl (C=O) groups is 1. The van der Waals surface area contributed by atoms with E-state index < -0.39 is 12.6 Å². The third kappa shape index (κ3) is 3.27. The van der Waals surface area contributed by atoms with Crippen LogP contribution >= 0.6 is 11.3 Å². The Hall–Kier alpha value is -1.92. The average molecular weight is 250 g/mol. The summed E-state index contributed by atoms with van der Waals surface area (Å²) in [6, 6.07) is 9.71. The molecule has 0 unspecified atom stereocenters. The molecule has 1 heterocycles. The number of aliphatic carboxylic acids is 1. The quantitative estimate of drug-likeness (QED) is 0.796. The lowest BCUT2D eigenvalue weighted by Gasteiger charge is -1.99. The van der Waals surface area contributed by atoms with Gasteiger partial charge in [-0.3, -0.25) is 4.84 Å². The second-order valence-corrected chi connectivity index (χ2v) is 4.05. The fourth-order valence-electron chi connectivity index (χ4n) is 1.22. The maximum atomic E-state index is 10.2. The molecular formula is C11H10N2O3S. The first-order chi connectivity index (χ1) is 8.25. The van der Waals surface area contributed by atoms with Crippen LogP contribution in [0.15, 0.2) is 35.7 Å². The van der Waals surface area contributed by atoms with E-state index in [9.17, 15) is 4.79 Å². The molecule has 0 fully saturated rings. The molecule has 0 aliphatic heterocycles. The van der Waals surface area contributed by atoms with Gasteiger partial charge in [0.15, 0.2) is 6.61 Å². The lowest BCUT2D eigenvalue weighted by atomic mass is 10.2. The molecule has 0 atom stereocenters. The van der Waals surface area contributed by atoms with Crippen molar-refractivity contribution in [2.45, 2.75) is 0 Å². The lowest BCUT2D eigenvalue weighted by Crippen LogP contribution is -2.11. The van der Waals surface area contributed by atoms with Gasteiger partial charge in [-0.1, -0.05) is 30.3 Å². The molecule has 17 heavy (non-hydrogen) atoms. The highest BCUT2D eigenvalue weighted by molar-refractivity contribution is 7.14. The number of anilines is 1. The van der Waals surface area contributed by atoms with Crippen molar-refractivity contribution in [3.63, 3.8) is 0 Å². The highest BCUT2D eigenvalue weighted by atomic mass is 32.1. The smallest absolute Gasteiger partial charge is 0.332 e. The van der Waals surface area contributed by atoms with Gasteiger partial charge in [-0.25, -0.2) is 15.3 Å². The molecule has 6 heteroatoms. The van der Waals surface area contributed by atoms with E-state index >= 15 is 0 Å². The number of nitrogens with zero attached hydrogens (tertiary/aromatic N) is 1. The third-order valence-corrected chi connectivity index (χ3v) is 2.67. The fraction of sp³-hybridized carbons (Fsp3) is 0.0909. The Morgan fingerprint density at radius 2 is 2.18 bits per heavy atom. The maximum Gasteiger partial charge on any atom is 0.332 e. The summed E-state index contributed by atoms with van der Waals surface area (Å²) >= 11 is 1.36. The number of carboxylic acid groups (broad SMARTS) is 1. The second-order valence-electron chi connectivity index (χ2n) is 3.19. The molecule has 2 aromatic rings. The van der Waals surface area contributed by atoms with Gasteiger partial charge in [0.2, 0.25) is 5.13 Å². The van der Waals surface area contributed by atoms with Gasteiger partial charge in [0.05, 0.1) is 5.69 Å². The Balaban J connectivity index is 1.99. The van der Waals surface area contributed by atoms with Gasteiger partial charge >= 0.3 is 5.97 Å². The van der Waals surface area contributed by atoms with Crippen LogP contribution in [0.3, 0.4) is 0 Å². The van der Waals surface area contributed by atoms with Gasteiger partial charge in [-0.15, -0.1) is 11.3 Å². The minimum atomic E-state index is -1.03. The van der Waals surface area contributed by atoms with E-state index in [4.69, 9.17) is 9.94 Å². The first kappa shape index (κ1) is 11.6. The monoisotopic (exact) mass is 250 g/mol. The Morgan fingerprint density at radius 1 is 1.41 bits per heavy atom. The van der Waals surface area contributed by atoms with Gasteiger partial charge in [0.25, 0.3) is 0 Å². The normalized spacial score (nSPS) is 10.1. The molecule has 0 aliphatic rings. The number of rotatable bonds is 5. The van der Waals surface area contributed by atoms with E-state index in [2.05, 4.69) is 10.5 Å². The molecule has 0 radical (unpaired) electrons. The number of benzene rings is 1. The minimum absolute atomic E-state index is 0.403. The van der Waals surface area contributed by atoms with E-state index in [-0.39, 0.29) is 0 Å². The summed E-state index contributed by atoms with van der Waals surface area (Å²) in [4.78, 5) is 19.2. The van der Waals surface area contributed by atoms with Gasteiger partial charge < -0.3 is 5.11 Å². The number of carboxylic acids is 1. The van der Waals surface area contributed by atoms with E-state index in [1.807, 2.05) is 35.7 Å². The molecular weight excluding hydrogens is 240 g/mol. The summed E-state index contributed by atoms with van der Waals surface area (Å²) in [6.45, 7) is -0.403. The second kappa shape index (κ2) is 5.42. The van der Waals surface area contributed by atoms with Crippen LogP contribution < -0.4 is 5.48 Å². The Morgan fingerprint density at radius 3 is 2.88 bits per heavy atom. The van der Waals surface area contributed by atoms with Gasteiger partial charge in [-0.2, -0.15) is 0 Å². The van der Waals surface area contributed by atoms with Crippen LogP contribution in [0.4, 0.5) is 5.13 Å². The Kier molecular flexibility index (Phi) is 3.69. The van der Waals surface area contributed by atoms with Crippen molar-refractivity contribution in [1.82, 2.24) is 4.98 Å². The van der Waals surface area contributed by atoms with E-state index in [0.717, 1.165) is 11.3 Å². The zero-order valence-corrected chi connectivity index (χ0v) is 9.61. The molecule has 0 aliphatic carbocycles. The fourth-order valence-corrected chi connectivity index (χ4v) is 1.89. The summed E-state index contributed by atoms with van der Waals surface area (Å²) in [7, 11) is 0. The van der Waals surface area contributed by atoms with Crippen molar-refractivity contribution >= 4 is 22.4 Å². The molecule has 0 bridgehead atoms. The van der Waals surface area contributed by atoms with Gasteiger partial charge in [0.1, 0.15) is 0 Å². The summed E-state index contributed by atoms with van der Waals surface area (Å²) in [5, 5.41) is 10.8. The van der Waals surface area contributed by atoms with Crippen LogP contribution in [0.2, 0.25) is 0 Å². The van der Waals surface area contributed by atoms with Crippen molar-refractivity contribution < 1.29 is 14.7 Å². The number of nitrogens with one attached hydrogen (secondary N) is 1. The standard InChI is InChI=1S/C11H10N2O3S/c14-10(15)6-16-13-11-12-9(7-17-11)8-4-2-1-3-5-8/h1-5,7H,6H2,(H,12,13)(H,14,15). The first-order valence-corrected chi connectivity index (χ1v) is 5.74. The lowest BCUT2D eigenvalue weighted by molar-refractivity contribution is -0.141. The highest BCUT2D eigenvalue weighted by Crippen LogP contribution is 2.24. The summed E-state index contributed by atoms with van der Waals surface area (Å²) in [5.74, 6) is -1.03. The van der Waals surface area contributed by atoms with Crippen LogP contribution in [0.25, 0.3) is 11.3 Å². The number of thiazole rings is 1. The number of aromatic nitrogens is 1. The van der Waals surface area contributed by atoms with Crippen LogP contribution in [0.1, 0.15) is 0 Å². The first-order valence-electron chi connectivity index (χ1n) is 4.86. The summed E-state index contributed by atoms with van der Waals surface area (Å²) in [6.07, 6.45) is 0. The molecule has 0 saturated heterocycles. The van der Waals surface area contributed by atoms with Crippen molar-refractivity contribution in [3.8, 4) is 11.3 Å². The summed E-state index contributed by atoms with van der Waals surface area (Å²) < 4.78 is 0. The van der Waals surface area contributed by atoms with Crippen LogP contribution in [-0.4, -0.2) is 22.7 Å². The molecule has 2 rings (SSSR count). The van der Waals surface area contributed by atoms with Crippen LogP contribution in [0.5, 0.6) is 0 Å². The van der Waals surface area contributed by atoms with Gasteiger partial charge in [0, 0.05) is 10.9 Å². The van der Waals surface area contributed by atoms with Crippen LogP contribution in [0, 0.1) is 0 Å². The highest BCUT2D eigenvalue weighted by Gasteiger charge is 2.04. The molecule has 0 spiro atoms. The largest absolute Gasteiger partial charge is 0.479 e. The average Bonchev–Trinajstić information content (AvgIpc) is 2.78. The molecule has 2 N–H and O–H groups in total. The number of hydrogen-bond acceptors (Lipinski definition) is 5. The topological polar surface area (TPSA) is 71.5 Å². The van der Waals surface area contributed by atoms with E-state index in [0.29, 0.717) is 5.13 Å². The zero-order valence-electron chi connectivity index (χ0n) is 8.79. The zero-order chi connectivity index (χ0) is 12.1. The molecule has 5 nitrogen and oxygen atoms in total. The SMILES string of the molecule is O=C(O)CONc1nc(-c2ccccc2)cs1. The van der Waals surface area contributed by atoms with Crippen molar-refractivity contribution in [1.29, 1.82) is 0 Å². The maximum absolute atomic E-state index is 10.2. The predicted octanol–water partition coefficient (Wildman–Crippen LogP) is 2.24. The van der Waals surface area contributed by atoms with Crippen LogP contribution in [-0.2, 0) is 9.63 Å². The van der Waals surface area contributed by atoms with E-state index in [1.165, 1.54) is 11.3 Å². The Labute approximate surface area is 102 Å². The molecule has 0 amide bonds. The number of hydrogen-bond donors (Lipinski definition) is 2. The third-order valence-electron chi connectivity index (χ3n) is 1.93. The predicted molar refractivity (Wildman–Crippen MR) is 64.8 cm³/mol. The minimum Gasteiger partial charge on any atom is -0.479 e. The molecule has 88 valence electrons. The van der Waals surface area contributed by atoms with Crippen molar-refractivity contribution in [3.05, 3.63) is 35.7 Å². The van der Waals surface area contributed by atoms with E-state index in [1.54, 1.807) is 0 Å².